The monoisotopic (exact) mass is 443 g/mol. The zero-order valence-corrected chi connectivity index (χ0v) is 19.0. The van der Waals surface area contributed by atoms with Gasteiger partial charge >= 0.3 is 0 Å². The molecule has 1 fully saturated rings. The number of amides is 4. The van der Waals surface area contributed by atoms with Crippen LogP contribution in [0, 0.1) is 0 Å². The average molecular weight is 444 g/mol. The fraction of sp³-hybridized carbons (Fsp3) is 0.583. The van der Waals surface area contributed by atoms with E-state index in [0.29, 0.717) is 13.0 Å². The molecule has 2 heterocycles. The van der Waals surface area contributed by atoms with Crippen LogP contribution >= 0.6 is 0 Å². The maximum atomic E-state index is 13.1. The van der Waals surface area contributed by atoms with Gasteiger partial charge in [-0.3, -0.25) is 29.0 Å². The number of piperidine rings is 1. The number of benzene rings is 1. The lowest BCUT2D eigenvalue weighted by molar-refractivity contribution is -0.151. The Morgan fingerprint density at radius 1 is 1.00 bits per heavy atom. The minimum atomic E-state index is -0.958. The second kappa shape index (κ2) is 10.7. The van der Waals surface area contributed by atoms with Crippen molar-refractivity contribution in [2.75, 3.05) is 18.9 Å². The van der Waals surface area contributed by atoms with Crippen LogP contribution in [0.4, 0.5) is 5.69 Å². The molecule has 174 valence electrons. The van der Waals surface area contributed by atoms with Gasteiger partial charge < -0.3 is 10.5 Å². The van der Waals surface area contributed by atoms with Gasteiger partial charge in [-0.2, -0.15) is 0 Å². The molecule has 0 aliphatic carbocycles. The highest BCUT2D eigenvalue weighted by Gasteiger charge is 2.47. The summed E-state index contributed by atoms with van der Waals surface area (Å²) in [6.45, 7) is 5.14. The van der Waals surface area contributed by atoms with E-state index in [1.165, 1.54) is 11.0 Å². The molecular weight excluding hydrogens is 410 g/mol. The number of nitrogens with two attached hydrogens (primary N) is 1. The van der Waals surface area contributed by atoms with Crippen LogP contribution in [0.1, 0.15) is 85.9 Å². The molecule has 4 amide bonds. The topological polar surface area (TPSA) is 110 Å². The number of carbonyl (C=O) groups is 4. The Morgan fingerprint density at radius 2 is 1.69 bits per heavy atom. The van der Waals surface area contributed by atoms with Gasteiger partial charge in [0.1, 0.15) is 6.04 Å². The molecule has 0 radical (unpaired) electrons. The first-order chi connectivity index (χ1) is 15.3. The van der Waals surface area contributed by atoms with Gasteiger partial charge in [-0.05, 0) is 45.2 Å². The Hall–Kier alpha value is -2.74. The van der Waals surface area contributed by atoms with Gasteiger partial charge in [-0.25, -0.2) is 0 Å². The summed E-state index contributed by atoms with van der Waals surface area (Å²) >= 11 is 0. The Balaban J connectivity index is 1.50. The zero-order valence-electron chi connectivity index (χ0n) is 19.0. The van der Waals surface area contributed by atoms with Gasteiger partial charge in [0, 0.05) is 25.3 Å². The number of nitrogens with zero attached hydrogens (tertiary/aromatic N) is 2. The van der Waals surface area contributed by atoms with Crippen LogP contribution in [0.5, 0.6) is 0 Å². The SMILES string of the molecule is CC(C)OCCCCCCCCN1C(=O)CCC(N2C(=O)c3cccc(N)c3C2=O)C1=O. The van der Waals surface area contributed by atoms with Crippen molar-refractivity contribution in [2.45, 2.75) is 77.4 Å². The maximum absolute atomic E-state index is 13.1. The van der Waals surface area contributed by atoms with Crippen LogP contribution in [0.25, 0.3) is 0 Å². The lowest BCUT2D eigenvalue weighted by Gasteiger charge is -2.34. The first-order valence-electron chi connectivity index (χ1n) is 11.5. The molecule has 1 unspecified atom stereocenters. The fourth-order valence-corrected chi connectivity index (χ4v) is 4.31. The van der Waals surface area contributed by atoms with Crippen molar-refractivity contribution in [3.05, 3.63) is 29.3 Å². The van der Waals surface area contributed by atoms with E-state index in [-0.39, 0.29) is 41.7 Å². The number of anilines is 1. The largest absolute Gasteiger partial charge is 0.398 e. The third-order valence-corrected chi connectivity index (χ3v) is 6.00. The van der Waals surface area contributed by atoms with Crippen LogP contribution in [0.3, 0.4) is 0 Å². The fourth-order valence-electron chi connectivity index (χ4n) is 4.31. The molecule has 0 bridgehead atoms. The zero-order chi connectivity index (χ0) is 23.3. The molecule has 1 atom stereocenters. The molecular formula is C24H33N3O5. The number of likely N-dealkylation sites (tertiary alicyclic amines) is 1. The quantitative estimate of drug-likeness (QED) is 0.320. The molecule has 2 aliphatic rings. The minimum Gasteiger partial charge on any atom is -0.398 e. The summed E-state index contributed by atoms with van der Waals surface area (Å²) in [4.78, 5) is 53.3. The third-order valence-electron chi connectivity index (χ3n) is 6.00. The molecule has 8 heteroatoms. The van der Waals surface area contributed by atoms with E-state index in [4.69, 9.17) is 10.5 Å². The number of fused-ring (bicyclic) bond motifs is 1. The molecule has 3 rings (SSSR count). The van der Waals surface area contributed by atoms with Crippen molar-refractivity contribution >= 4 is 29.3 Å². The van der Waals surface area contributed by atoms with Crippen molar-refractivity contribution in [3.63, 3.8) is 0 Å². The number of carbonyl (C=O) groups excluding carboxylic acids is 4. The Morgan fingerprint density at radius 3 is 2.38 bits per heavy atom. The number of unbranched alkanes of at least 4 members (excludes halogenated alkanes) is 5. The van der Waals surface area contributed by atoms with Crippen LogP contribution in [0.15, 0.2) is 18.2 Å². The predicted octanol–water partition coefficient (Wildman–Crippen LogP) is 3.15. The normalized spacial score (nSPS) is 18.8. The molecule has 2 N–H and O–H groups in total. The van der Waals surface area contributed by atoms with Crippen LogP contribution in [-0.4, -0.2) is 58.7 Å². The summed E-state index contributed by atoms with van der Waals surface area (Å²) in [5.41, 5.74) is 6.47. The van der Waals surface area contributed by atoms with Crippen LogP contribution in [-0.2, 0) is 14.3 Å². The lowest BCUT2D eigenvalue weighted by atomic mass is 10.0. The molecule has 1 aromatic rings. The van der Waals surface area contributed by atoms with E-state index in [0.717, 1.165) is 43.6 Å². The summed E-state index contributed by atoms with van der Waals surface area (Å²) in [6.07, 6.45) is 6.41. The van der Waals surface area contributed by atoms with E-state index in [9.17, 15) is 19.2 Å². The highest BCUT2D eigenvalue weighted by molar-refractivity contribution is 6.25. The first-order valence-corrected chi connectivity index (χ1v) is 11.5. The summed E-state index contributed by atoms with van der Waals surface area (Å²) in [5, 5.41) is 0. The van der Waals surface area contributed by atoms with Gasteiger partial charge in [0.25, 0.3) is 17.7 Å². The summed E-state index contributed by atoms with van der Waals surface area (Å²) in [6, 6.07) is 3.75. The minimum absolute atomic E-state index is 0.134. The molecule has 1 saturated heterocycles. The van der Waals surface area contributed by atoms with Crippen molar-refractivity contribution in [2.24, 2.45) is 0 Å². The van der Waals surface area contributed by atoms with Crippen molar-refractivity contribution in [1.82, 2.24) is 9.80 Å². The van der Waals surface area contributed by atoms with Crippen LogP contribution < -0.4 is 5.73 Å². The molecule has 32 heavy (non-hydrogen) atoms. The Kier molecular flexibility index (Phi) is 8.01. The first kappa shape index (κ1) is 23.9. The highest BCUT2D eigenvalue weighted by atomic mass is 16.5. The number of hydrogen-bond donors (Lipinski definition) is 1. The number of imide groups is 2. The van der Waals surface area contributed by atoms with Gasteiger partial charge in [-0.15, -0.1) is 0 Å². The highest BCUT2D eigenvalue weighted by Crippen LogP contribution is 2.32. The van der Waals surface area contributed by atoms with E-state index < -0.39 is 23.8 Å². The molecule has 0 saturated carbocycles. The number of ether oxygens (including phenoxy) is 1. The second-order valence-electron chi connectivity index (χ2n) is 8.73. The smallest absolute Gasteiger partial charge is 0.264 e. The summed E-state index contributed by atoms with van der Waals surface area (Å²) in [5.74, 6) is -1.79. The molecule has 8 nitrogen and oxygen atoms in total. The number of nitrogen functional groups attached to an aromatic ring is 1. The second-order valence-corrected chi connectivity index (χ2v) is 8.73. The van der Waals surface area contributed by atoms with E-state index in [1.54, 1.807) is 12.1 Å². The predicted molar refractivity (Wildman–Crippen MR) is 120 cm³/mol. The Labute approximate surface area is 189 Å². The van der Waals surface area contributed by atoms with Gasteiger partial charge in [-0.1, -0.05) is 31.7 Å². The number of hydrogen-bond acceptors (Lipinski definition) is 6. The van der Waals surface area contributed by atoms with Gasteiger partial charge in [0.2, 0.25) is 5.91 Å². The molecule has 2 aliphatic heterocycles. The summed E-state index contributed by atoms with van der Waals surface area (Å²) in [7, 11) is 0. The average Bonchev–Trinajstić information content (AvgIpc) is 3.00. The van der Waals surface area contributed by atoms with Gasteiger partial charge in [0.15, 0.2) is 0 Å². The van der Waals surface area contributed by atoms with Gasteiger partial charge in [0.05, 0.1) is 17.2 Å². The molecule has 1 aromatic carbocycles. The van der Waals surface area contributed by atoms with Crippen molar-refractivity contribution in [3.8, 4) is 0 Å². The van der Waals surface area contributed by atoms with Crippen molar-refractivity contribution in [1.29, 1.82) is 0 Å². The van der Waals surface area contributed by atoms with E-state index in [2.05, 4.69) is 0 Å². The van der Waals surface area contributed by atoms with Crippen molar-refractivity contribution < 1.29 is 23.9 Å². The van der Waals surface area contributed by atoms with E-state index >= 15 is 0 Å². The lowest BCUT2D eigenvalue weighted by Crippen LogP contribution is -2.56. The maximum Gasteiger partial charge on any atom is 0.264 e. The molecule has 0 spiro atoms. The number of rotatable bonds is 11. The Bertz CT molecular complexity index is 882. The molecule has 0 aromatic heterocycles. The third kappa shape index (κ3) is 5.18. The standard InChI is InChI=1S/C24H33N3O5/c1-16(2)32-15-8-6-4-3-5-7-14-26-20(28)13-12-19(23(26)30)27-22(29)17-10-9-11-18(25)21(17)24(27)31/h9-11,16,19H,3-8,12-15,25H2,1-2H3. The summed E-state index contributed by atoms with van der Waals surface area (Å²) < 4.78 is 5.53. The van der Waals surface area contributed by atoms with E-state index in [1.807, 2.05) is 13.8 Å². The van der Waals surface area contributed by atoms with Crippen LogP contribution in [0.2, 0.25) is 0 Å².